The molecule has 0 aliphatic carbocycles. The molecule has 0 aliphatic heterocycles. The molecule has 0 bridgehead atoms. The second-order valence-corrected chi connectivity index (χ2v) is 3.28. The summed E-state index contributed by atoms with van der Waals surface area (Å²) in [5.74, 6) is -1.27. The first-order valence-corrected chi connectivity index (χ1v) is 4.67. The molecule has 4 heteroatoms. The molecule has 0 amide bonds. The quantitative estimate of drug-likeness (QED) is 0.762. The fourth-order valence-corrected chi connectivity index (χ4v) is 1.09. The number of hydrogen-bond acceptors (Lipinski definition) is 3. The number of carbonyl (C=O) groups is 1. The van der Waals surface area contributed by atoms with E-state index in [0.717, 1.165) is 5.56 Å². The molecule has 0 radical (unpaired) electrons. The van der Waals surface area contributed by atoms with Crippen molar-refractivity contribution in [3.8, 4) is 0 Å². The largest absolute Gasteiger partial charge is 0.479 e. The maximum absolute atomic E-state index is 10.4. The van der Waals surface area contributed by atoms with Gasteiger partial charge < -0.3 is 14.9 Å². The highest BCUT2D eigenvalue weighted by Gasteiger charge is 2.21. The Balaban J connectivity index is 2.41. The van der Waals surface area contributed by atoms with Gasteiger partial charge >= 0.3 is 5.97 Å². The first kappa shape index (κ1) is 11.7. The van der Waals surface area contributed by atoms with Gasteiger partial charge in [-0.25, -0.2) is 4.79 Å². The number of carboxylic acids is 1. The summed E-state index contributed by atoms with van der Waals surface area (Å²) in [5.41, 5.74) is 0.946. The average Bonchev–Trinajstić information content (AvgIpc) is 2.26. The van der Waals surface area contributed by atoms with Crippen LogP contribution in [0.25, 0.3) is 0 Å². The van der Waals surface area contributed by atoms with Crippen LogP contribution in [0.2, 0.25) is 0 Å². The van der Waals surface area contributed by atoms with Crippen molar-refractivity contribution in [1.82, 2.24) is 0 Å². The lowest BCUT2D eigenvalue weighted by Crippen LogP contribution is -2.33. The van der Waals surface area contributed by atoms with Gasteiger partial charge in [-0.15, -0.1) is 0 Å². The van der Waals surface area contributed by atoms with E-state index >= 15 is 0 Å². The maximum Gasteiger partial charge on any atom is 0.335 e. The first-order valence-electron chi connectivity index (χ1n) is 4.67. The minimum absolute atomic E-state index is 0.298. The number of aliphatic hydroxyl groups is 1. The zero-order valence-electron chi connectivity index (χ0n) is 8.46. The van der Waals surface area contributed by atoms with Crippen LogP contribution in [0.1, 0.15) is 12.5 Å². The van der Waals surface area contributed by atoms with Crippen molar-refractivity contribution in [2.75, 3.05) is 0 Å². The van der Waals surface area contributed by atoms with E-state index in [0.29, 0.717) is 6.61 Å². The Morgan fingerprint density at radius 2 is 2.00 bits per heavy atom. The highest BCUT2D eigenvalue weighted by molar-refractivity contribution is 5.72. The van der Waals surface area contributed by atoms with Gasteiger partial charge in [0.05, 0.1) is 12.7 Å². The van der Waals surface area contributed by atoms with Gasteiger partial charge in [0.2, 0.25) is 0 Å². The molecule has 2 N–H and O–H groups in total. The Morgan fingerprint density at radius 3 is 2.53 bits per heavy atom. The lowest BCUT2D eigenvalue weighted by Gasteiger charge is -2.15. The van der Waals surface area contributed by atoms with Gasteiger partial charge in [-0.2, -0.15) is 0 Å². The summed E-state index contributed by atoms with van der Waals surface area (Å²) in [5, 5.41) is 17.7. The fourth-order valence-electron chi connectivity index (χ4n) is 1.09. The fraction of sp³-hybridized carbons (Fsp3) is 0.364. The summed E-state index contributed by atoms with van der Waals surface area (Å²) >= 11 is 0. The van der Waals surface area contributed by atoms with Crippen LogP contribution in [0.15, 0.2) is 30.3 Å². The summed E-state index contributed by atoms with van der Waals surface area (Å²) in [7, 11) is 0. The van der Waals surface area contributed by atoms with Crippen LogP contribution in [-0.2, 0) is 16.1 Å². The van der Waals surface area contributed by atoms with Crippen LogP contribution in [0.3, 0.4) is 0 Å². The zero-order chi connectivity index (χ0) is 11.3. The van der Waals surface area contributed by atoms with Crippen molar-refractivity contribution in [3.63, 3.8) is 0 Å². The Bertz CT molecular complexity index is 310. The second-order valence-electron chi connectivity index (χ2n) is 3.28. The molecule has 0 saturated heterocycles. The Hall–Kier alpha value is -1.39. The minimum atomic E-state index is -1.48. The van der Waals surface area contributed by atoms with Gasteiger partial charge in [0.1, 0.15) is 0 Å². The highest BCUT2D eigenvalue weighted by Crippen LogP contribution is 2.05. The van der Waals surface area contributed by atoms with Crippen molar-refractivity contribution in [2.45, 2.75) is 25.7 Å². The van der Waals surface area contributed by atoms with Gasteiger partial charge in [0, 0.05) is 0 Å². The third-order valence-electron chi connectivity index (χ3n) is 2.05. The third-order valence-corrected chi connectivity index (χ3v) is 2.05. The molecule has 0 aliphatic rings. The van der Waals surface area contributed by atoms with Crippen LogP contribution >= 0.6 is 0 Å². The molecule has 1 aromatic rings. The molecule has 0 aromatic heterocycles. The lowest BCUT2D eigenvalue weighted by atomic mass is 10.2. The van der Waals surface area contributed by atoms with Gasteiger partial charge in [-0.05, 0) is 12.5 Å². The summed E-state index contributed by atoms with van der Waals surface area (Å²) < 4.78 is 5.22. The normalized spacial score (nSPS) is 14.5. The van der Waals surface area contributed by atoms with Crippen LogP contribution in [0, 0.1) is 0 Å². The number of aliphatic hydroxyl groups excluding tert-OH is 1. The third kappa shape index (κ3) is 3.69. The topological polar surface area (TPSA) is 66.8 Å². The summed E-state index contributed by atoms with van der Waals surface area (Å²) in [6, 6.07) is 9.38. The van der Waals surface area contributed by atoms with Crippen molar-refractivity contribution < 1.29 is 19.7 Å². The molecule has 1 aromatic carbocycles. The molecule has 2 atom stereocenters. The number of carboxylic acid groups (broad SMARTS) is 1. The second kappa shape index (κ2) is 5.48. The number of hydrogen-bond donors (Lipinski definition) is 2. The smallest absolute Gasteiger partial charge is 0.335 e. The number of rotatable bonds is 5. The Kier molecular flexibility index (Phi) is 4.27. The Morgan fingerprint density at radius 1 is 1.40 bits per heavy atom. The van der Waals surface area contributed by atoms with Crippen molar-refractivity contribution in [1.29, 1.82) is 0 Å². The van der Waals surface area contributed by atoms with E-state index in [4.69, 9.17) is 14.9 Å². The van der Waals surface area contributed by atoms with Crippen LogP contribution < -0.4 is 0 Å². The van der Waals surface area contributed by atoms with Gasteiger partial charge in [-0.1, -0.05) is 30.3 Å². The van der Waals surface area contributed by atoms with Gasteiger partial charge in [0.15, 0.2) is 6.10 Å². The molecule has 82 valence electrons. The predicted octanol–water partition coefficient (Wildman–Crippen LogP) is 1.04. The number of aliphatic carboxylic acids is 1. The minimum Gasteiger partial charge on any atom is -0.479 e. The highest BCUT2D eigenvalue weighted by atomic mass is 16.5. The summed E-state index contributed by atoms with van der Waals surface area (Å²) in [6.07, 6.45) is -2.20. The van der Waals surface area contributed by atoms with Crippen molar-refractivity contribution in [2.24, 2.45) is 0 Å². The van der Waals surface area contributed by atoms with E-state index in [2.05, 4.69) is 0 Å². The lowest BCUT2D eigenvalue weighted by molar-refractivity contribution is -0.155. The van der Waals surface area contributed by atoms with E-state index in [1.165, 1.54) is 6.92 Å². The maximum atomic E-state index is 10.4. The SMILES string of the molecule is CC(OCc1ccccc1)C(O)C(=O)O. The monoisotopic (exact) mass is 210 g/mol. The molecule has 1 rings (SSSR count). The average molecular weight is 210 g/mol. The molecular formula is C11H14O4. The first-order chi connectivity index (χ1) is 7.11. The van der Waals surface area contributed by atoms with Crippen molar-refractivity contribution >= 4 is 5.97 Å². The Labute approximate surface area is 88.1 Å². The molecule has 15 heavy (non-hydrogen) atoms. The van der Waals surface area contributed by atoms with Crippen molar-refractivity contribution in [3.05, 3.63) is 35.9 Å². The summed E-state index contributed by atoms with van der Waals surface area (Å²) in [6.45, 7) is 1.83. The van der Waals surface area contributed by atoms with Crippen LogP contribution in [0.5, 0.6) is 0 Å². The number of benzene rings is 1. The molecular weight excluding hydrogens is 196 g/mol. The van der Waals surface area contributed by atoms with E-state index in [9.17, 15) is 4.79 Å². The van der Waals surface area contributed by atoms with Gasteiger partial charge in [0.25, 0.3) is 0 Å². The molecule has 0 saturated carbocycles. The van der Waals surface area contributed by atoms with E-state index in [1.54, 1.807) is 0 Å². The molecule has 2 unspecified atom stereocenters. The van der Waals surface area contributed by atoms with E-state index in [1.807, 2.05) is 30.3 Å². The molecule has 0 heterocycles. The predicted molar refractivity (Wildman–Crippen MR) is 54.3 cm³/mol. The number of ether oxygens (including phenoxy) is 1. The van der Waals surface area contributed by atoms with Gasteiger partial charge in [-0.3, -0.25) is 0 Å². The van der Waals surface area contributed by atoms with E-state index in [-0.39, 0.29) is 0 Å². The molecule has 0 fully saturated rings. The van der Waals surface area contributed by atoms with Crippen LogP contribution in [-0.4, -0.2) is 28.4 Å². The standard InChI is InChI=1S/C11H14O4/c1-8(10(12)11(13)14)15-7-9-5-3-2-4-6-9/h2-6,8,10,12H,7H2,1H3,(H,13,14). The van der Waals surface area contributed by atoms with Crippen LogP contribution in [0.4, 0.5) is 0 Å². The zero-order valence-corrected chi connectivity index (χ0v) is 8.46. The van der Waals surface area contributed by atoms with E-state index < -0.39 is 18.2 Å². The molecule has 4 nitrogen and oxygen atoms in total. The summed E-state index contributed by atoms with van der Waals surface area (Å²) in [4.78, 5) is 10.4. The molecule has 0 spiro atoms.